The molecule has 0 spiro atoms. The fourth-order valence-corrected chi connectivity index (χ4v) is 3.54. The van der Waals surface area contributed by atoms with Crippen molar-refractivity contribution < 1.29 is 8.42 Å². The van der Waals surface area contributed by atoms with Gasteiger partial charge in [0, 0.05) is 26.2 Å². The van der Waals surface area contributed by atoms with Crippen molar-refractivity contribution in [3.8, 4) is 0 Å². The van der Waals surface area contributed by atoms with Crippen LogP contribution in [0.15, 0.2) is 29.2 Å². The van der Waals surface area contributed by atoms with Gasteiger partial charge in [0.2, 0.25) is 10.0 Å². The molecule has 0 saturated carbocycles. The fourth-order valence-electron chi connectivity index (χ4n) is 2.49. The minimum Gasteiger partial charge on any atom is -0.381 e. The van der Waals surface area contributed by atoms with Gasteiger partial charge in [-0.1, -0.05) is 12.1 Å². The second kappa shape index (κ2) is 6.11. The highest BCUT2D eigenvalue weighted by molar-refractivity contribution is 7.89. The van der Waals surface area contributed by atoms with Crippen LogP contribution in [0.4, 0.5) is 5.69 Å². The molecule has 6 heteroatoms. The van der Waals surface area contributed by atoms with E-state index in [-0.39, 0.29) is 0 Å². The van der Waals surface area contributed by atoms with E-state index in [9.17, 15) is 8.42 Å². The van der Waals surface area contributed by atoms with Crippen LogP contribution in [0.2, 0.25) is 0 Å². The van der Waals surface area contributed by atoms with E-state index >= 15 is 0 Å². The van der Waals surface area contributed by atoms with E-state index < -0.39 is 10.0 Å². The highest BCUT2D eigenvalue weighted by Crippen LogP contribution is 2.25. The number of hydrogen-bond acceptors (Lipinski definition) is 4. The second-order valence-corrected chi connectivity index (χ2v) is 7.62. The Balaban J connectivity index is 2.25. The Morgan fingerprint density at radius 2 is 2.00 bits per heavy atom. The molecule has 5 nitrogen and oxygen atoms in total. The third-order valence-electron chi connectivity index (χ3n) is 3.63. The molecule has 1 aliphatic rings. The molecule has 20 heavy (non-hydrogen) atoms. The molecule has 1 aromatic rings. The monoisotopic (exact) mass is 297 g/mol. The molecule has 0 aliphatic carbocycles. The largest absolute Gasteiger partial charge is 0.381 e. The zero-order valence-corrected chi connectivity index (χ0v) is 13.1. The van der Waals surface area contributed by atoms with Crippen molar-refractivity contribution in [1.82, 2.24) is 9.62 Å². The molecule has 0 bridgehead atoms. The van der Waals surface area contributed by atoms with Crippen LogP contribution < -0.4 is 10.6 Å². The third kappa shape index (κ3) is 3.31. The Hall–Kier alpha value is -1.11. The van der Waals surface area contributed by atoms with Gasteiger partial charge in [-0.2, -0.15) is 0 Å². The van der Waals surface area contributed by atoms with Crippen LogP contribution in [0.5, 0.6) is 0 Å². The summed E-state index contributed by atoms with van der Waals surface area (Å²) in [5.41, 5.74) is 0.695. The molecule has 2 atom stereocenters. The number of benzene rings is 1. The molecule has 1 saturated heterocycles. The third-order valence-corrected chi connectivity index (χ3v) is 5.50. The van der Waals surface area contributed by atoms with Gasteiger partial charge < -0.3 is 10.6 Å². The van der Waals surface area contributed by atoms with Gasteiger partial charge in [-0.25, -0.2) is 12.7 Å². The van der Waals surface area contributed by atoms with Crippen LogP contribution in [0.25, 0.3) is 0 Å². The van der Waals surface area contributed by atoms with Gasteiger partial charge >= 0.3 is 0 Å². The molecule has 2 rings (SSSR count). The molecule has 2 N–H and O–H groups in total. The summed E-state index contributed by atoms with van der Waals surface area (Å²) < 4.78 is 25.9. The van der Waals surface area contributed by atoms with Crippen molar-refractivity contribution >= 4 is 15.7 Å². The molecule has 1 aliphatic heterocycles. The maximum atomic E-state index is 12.3. The SMILES string of the molecule is CC1CC(Nc2ccccc2S(=O)(=O)N(C)C)CCN1. The first kappa shape index (κ1) is 15.3. The molecular formula is C14H23N3O2S. The highest BCUT2D eigenvalue weighted by atomic mass is 32.2. The molecule has 0 amide bonds. The predicted octanol–water partition coefficient (Wildman–Crippen LogP) is 1.49. The van der Waals surface area contributed by atoms with Crippen LogP contribution >= 0.6 is 0 Å². The lowest BCUT2D eigenvalue weighted by atomic mass is 10.0. The van der Waals surface area contributed by atoms with E-state index in [1.807, 2.05) is 12.1 Å². The van der Waals surface area contributed by atoms with Gasteiger partial charge in [0.05, 0.1) is 5.69 Å². The zero-order chi connectivity index (χ0) is 14.8. The number of piperidine rings is 1. The summed E-state index contributed by atoms with van der Waals surface area (Å²) in [6, 6.07) is 7.88. The van der Waals surface area contributed by atoms with Gasteiger partial charge in [0.1, 0.15) is 4.90 Å². The minimum atomic E-state index is -3.42. The first-order chi connectivity index (χ1) is 9.41. The van der Waals surface area contributed by atoms with Gasteiger partial charge in [-0.05, 0) is 38.4 Å². The summed E-state index contributed by atoms with van der Waals surface area (Å²) in [5, 5.41) is 6.79. The molecule has 0 radical (unpaired) electrons. The Morgan fingerprint density at radius 1 is 1.30 bits per heavy atom. The second-order valence-electron chi connectivity index (χ2n) is 5.50. The number of nitrogens with zero attached hydrogens (tertiary/aromatic N) is 1. The van der Waals surface area contributed by atoms with Crippen molar-refractivity contribution in [3.05, 3.63) is 24.3 Å². The topological polar surface area (TPSA) is 61.4 Å². The lowest BCUT2D eigenvalue weighted by molar-refractivity contribution is 0.396. The van der Waals surface area contributed by atoms with Crippen LogP contribution in [-0.2, 0) is 10.0 Å². The van der Waals surface area contributed by atoms with Gasteiger partial charge in [0.15, 0.2) is 0 Å². The molecule has 2 unspecified atom stereocenters. The van der Waals surface area contributed by atoms with Gasteiger partial charge in [-0.3, -0.25) is 0 Å². The molecular weight excluding hydrogens is 274 g/mol. The van der Waals surface area contributed by atoms with Crippen molar-refractivity contribution in [2.24, 2.45) is 0 Å². The first-order valence-corrected chi connectivity index (χ1v) is 8.36. The highest BCUT2D eigenvalue weighted by Gasteiger charge is 2.24. The normalized spacial score (nSPS) is 23.8. The van der Waals surface area contributed by atoms with Crippen molar-refractivity contribution in [2.45, 2.75) is 36.7 Å². The molecule has 0 aromatic heterocycles. The maximum Gasteiger partial charge on any atom is 0.244 e. The average Bonchev–Trinajstić information content (AvgIpc) is 2.39. The van der Waals surface area contributed by atoms with E-state index in [1.165, 1.54) is 4.31 Å². The number of sulfonamides is 1. The summed E-state index contributed by atoms with van der Waals surface area (Å²) in [5.74, 6) is 0. The number of para-hydroxylation sites is 1. The van der Waals surface area contributed by atoms with Crippen LogP contribution in [0.3, 0.4) is 0 Å². The fraction of sp³-hybridized carbons (Fsp3) is 0.571. The lowest BCUT2D eigenvalue weighted by Gasteiger charge is -2.30. The molecule has 112 valence electrons. The van der Waals surface area contributed by atoms with Crippen molar-refractivity contribution in [1.29, 1.82) is 0 Å². The first-order valence-electron chi connectivity index (χ1n) is 6.92. The summed E-state index contributed by atoms with van der Waals surface area (Å²) in [7, 11) is -0.308. The van der Waals surface area contributed by atoms with E-state index in [1.54, 1.807) is 26.2 Å². The number of rotatable bonds is 4. The Bertz CT molecular complexity index is 557. The van der Waals surface area contributed by atoms with E-state index in [0.29, 0.717) is 22.7 Å². The van der Waals surface area contributed by atoms with Crippen molar-refractivity contribution in [3.63, 3.8) is 0 Å². The number of hydrogen-bond donors (Lipinski definition) is 2. The quantitative estimate of drug-likeness (QED) is 0.884. The number of nitrogens with one attached hydrogen (secondary N) is 2. The van der Waals surface area contributed by atoms with Crippen LogP contribution in [0.1, 0.15) is 19.8 Å². The van der Waals surface area contributed by atoms with Gasteiger partial charge in [-0.15, -0.1) is 0 Å². The zero-order valence-electron chi connectivity index (χ0n) is 12.3. The molecule has 1 fully saturated rings. The Labute approximate surface area is 121 Å². The maximum absolute atomic E-state index is 12.3. The standard InChI is InChI=1S/C14H23N3O2S/c1-11-10-12(8-9-15-11)16-13-6-4-5-7-14(13)20(18,19)17(2)3/h4-7,11-12,15-16H,8-10H2,1-3H3. The van der Waals surface area contributed by atoms with E-state index in [0.717, 1.165) is 19.4 Å². The lowest BCUT2D eigenvalue weighted by Crippen LogP contribution is -2.41. The summed E-state index contributed by atoms with van der Waals surface area (Å²) in [4.78, 5) is 0.344. The summed E-state index contributed by atoms with van der Waals surface area (Å²) in [6.45, 7) is 3.11. The van der Waals surface area contributed by atoms with Gasteiger partial charge in [0.25, 0.3) is 0 Å². The smallest absolute Gasteiger partial charge is 0.244 e. The van der Waals surface area contributed by atoms with E-state index in [4.69, 9.17) is 0 Å². The number of anilines is 1. The molecule has 1 aromatic carbocycles. The van der Waals surface area contributed by atoms with Crippen LogP contribution in [-0.4, -0.2) is 45.4 Å². The Morgan fingerprint density at radius 3 is 2.65 bits per heavy atom. The van der Waals surface area contributed by atoms with Crippen molar-refractivity contribution in [2.75, 3.05) is 26.0 Å². The molecule has 1 heterocycles. The Kier molecular flexibility index (Phi) is 4.67. The minimum absolute atomic E-state index is 0.310. The summed E-state index contributed by atoms with van der Waals surface area (Å²) >= 11 is 0. The predicted molar refractivity (Wildman–Crippen MR) is 81.4 cm³/mol. The summed E-state index contributed by atoms with van der Waals surface area (Å²) in [6.07, 6.45) is 2.00. The van der Waals surface area contributed by atoms with E-state index in [2.05, 4.69) is 17.6 Å². The van der Waals surface area contributed by atoms with Crippen LogP contribution in [0, 0.1) is 0 Å². The average molecular weight is 297 g/mol.